The van der Waals surface area contributed by atoms with Gasteiger partial charge < -0.3 is 9.64 Å². The molecule has 128 valence electrons. The van der Waals surface area contributed by atoms with Crippen LogP contribution in [0.1, 0.15) is 54.3 Å². The van der Waals surface area contributed by atoms with Gasteiger partial charge >= 0.3 is 0 Å². The highest BCUT2D eigenvalue weighted by Crippen LogP contribution is 2.24. The van der Waals surface area contributed by atoms with Crippen molar-refractivity contribution in [2.75, 3.05) is 19.7 Å². The van der Waals surface area contributed by atoms with Crippen LogP contribution < -0.4 is 0 Å². The van der Waals surface area contributed by atoms with Crippen molar-refractivity contribution in [3.05, 3.63) is 47.0 Å². The molecule has 3 heterocycles. The first kappa shape index (κ1) is 16.6. The summed E-state index contributed by atoms with van der Waals surface area (Å²) in [6.07, 6.45) is 1.66. The number of pyridine rings is 1. The molecule has 1 aliphatic rings. The van der Waals surface area contributed by atoms with Gasteiger partial charge in [0.2, 0.25) is 0 Å². The summed E-state index contributed by atoms with van der Waals surface area (Å²) in [4.78, 5) is 18.8. The summed E-state index contributed by atoms with van der Waals surface area (Å²) in [7, 11) is 0. The molecular formula is C18H24N4O2. The van der Waals surface area contributed by atoms with Crippen LogP contribution in [-0.2, 0) is 10.2 Å². The molecule has 1 saturated heterocycles. The van der Waals surface area contributed by atoms with Crippen molar-refractivity contribution in [3.8, 4) is 0 Å². The topological polar surface area (TPSA) is 71.1 Å². The molecule has 2 aromatic rings. The number of H-pyrrole nitrogens is 1. The number of nitrogens with zero attached hydrogens (tertiary/aromatic N) is 3. The Balaban J connectivity index is 1.74. The molecule has 1 amide bonds. The maximum absolute atomic E-state index is 12.8. The summed E-state index contributed by atoms with van der Waals surface area (Å²) in [5.41, 5.74) is 3.36. The molecule has 0 saturated carbocycles. The Hall–Kier alpha value is -2.21. The lowest BCUT2D eigenvalue weighted by molar-refractivity contribution is -0.0230. The first-order valence-electron chi connectivity index (χ1n) is 8.24. The van der Waals surface area contributed by atoms with E-state index in [9.17, 15) is 4.79 Å². The quantitative estimate of drug-likeness (QED) is 0.920. The van der Waals surface area contributed by atoms with Gasteiger partial charge in [-0.15, -0.1) is 0 Å². The molecule has 0 bridgehead atoms. The average Bonchev–Trinajstić information content (AvgIpc) is 3.04. The van der Waals surface area contributed by atoms with Crippen LogP contribution in [0.3, 0.4) is 0 Å². The van der Waals surface area contributed by atoms with Crippen molar-refractivity contribution in [2.24, 2.45) is 0 Å². The number of carbonyl (C=O) groups is 1. The van der Waals surface area contributed by atoms with Crippen molar-refractivity contribution in [2.45, 2.75) is 39.2 Å². The van der Waals surface area contributed by atoms with Crippen LogP contribution in [0, 0.1) is 6.92 Å². The second-order valence-corrected chi connectivity index (χ2v) is 7.26. The molecule has 6 heteroatoms. The largest absolute Gasteiger partial charge is 0.370 e. The lowest BCUT2D eigenvalue weighted by Crippen LogP contribution is -2.42. The summed E-state index contributed by atoms with van der Waals surface area (Å²) in [5, 5.41) is 7.18. The van der Waals surface area contributed by atoms with Gasteiger partial charge in [0, 0.05) is 29.5 Å². The van der Waals surface area contributed by atoms with Gasteiger partial charge in [0.05, 0.1) is 13.2 Å². The van der Waals surface area contributed by atoms with Gasteiger partial charge in [0.1, 0.15) is 11.8 Å². The minimum Gasteiger partial charge on any atom is -0.370 e. The van der Waals surface area contributed by atoms with Gasteiger partial charge in [0.25, 0.3) is 5.91 Å². The van der Waals surface area contributed by atoms with E-state index in [-0.39, 0.29) is 17.4 Å². The lowest BCUT2D eigenvalue weighted by atomic mass is 9.92. The van der Waals surface area contributed by atoms with E-state index in [0.717, 1.165) is 17.0 Å². The maximum Gasteiger partial charge on any atom is 0.274 e. The molecule has 2 aromatic heterocycles. The molecule has 0 aromatic carbocycles. The molecule has 1 atom stereocenters. The van der Waals surface area contributed by atoms with Gasteiger partial charge in [-0.05, 0) is 30.7 Å². The maximum atomic E-state index is 12.8. The summed E-state index contributed by atoms with van der Waals surface area (Å²) < 4.78 is 5.84. The third-order valence-electron chi connectivity index (χ3n) is 4.25. The molecule has 1 fully saturated rings. The Labute approximate surface area is 142 Å². The van der Waals surface area contributed by atoms with Crippen LogP contribution in [0.2, 0.25) is 0 Å². The van der Waals surface area contributed by atoms with Gasteiger partial charge in [-0.3, -0.25) is 14.9 Å². The minimum atomic E-state index is -0.120. The Morgan fingerprint density at radius 2 is 2.17 bits per heavy atom. The van der Waals surface area contributed by atoms with E-state index in [1.165, 1.54) is 0 Å². The zero-order valence-electron chi connectivity index (χ0n) is 14.7. The van der Waals surface area contributed by atoms with Crippen LogP contribution in [0.5, 0.6) is 0 Å². The van der Waals surface area contributed by atoms with Crippen molar-refractivity contribution in [1.82, 2.24) is 20.1 Å². The van der Waals surface area contributed by atoms with Gasteiger partial charge in [-0.2, -0.15) is 5.10 Å². The smallest absolute Gasteiger partial charge is 0.274 e. The molecule has 6 nitrogen and oxygen atoms in total. The Morgan fingerprint density at radius 3 is 2.83 bits per heavy atom. The summed E-state index contributed by atoms with van der Waals surface area (Å²) in [5.74, 6) is -0.0548. The second kappa shape index (κ2) is 6.36. The number of ether oxygens (including phenoxy) is 1. The van der Waals surface area contributed by atoms with E-state index in [1.54, 1.807) is 6.20 Å². The van der Waals surface area contributed by atoms with E-state index in [0.29, 0.717) is 25.4 Å². The number of carbonyl (C=O) groups excluding carboxylic acids is 1. The zero-order chi connectivity index (χ0) is 17.3. The van der Waals surface area contributed by atoms with Crippen molar-refractivity contribution >= 4 is 5.91 Å². The third kappa shape index (κ3) is 3.48. The fourth-order valence-electron chi connectivity index (χ4n) is 2.78. The normalized spacial score (nSPS) is 18.7. The SMILES string of the molecule is Cc1cc(C2CN(C(=O)c3cc(C(C)(C)C)[nH]n3)CCO2)ccn1. The Bertz CT molecular complexity index is 733. The van der Waals surface area contributed by atoms with E-state index >= 15 is 0 Å². The van der Waals surface area contributed by atoms with Crippen molar-refractivity contribution in [3.63, 3.8) is 0 Å². The highest BCUT2D eigenvalue weighted by molar-refractivity contribution is 5.92. The van der Waals surface area contributed by atoms with Crippen molar-refractivity contribution in [1.29, 1.82) is 0 Å². The number of nitrogens with one attached hydrogen (secondary N) is 1. The number of rotatable bonds is 2. The minimum absolute atomic E-state index is 0.0548. The van der Waals surface area contributed by atoms with Crippen molar-refractivity contribution < 1.29 is 9.53 Å². The molecule has 0 aliphatic carbocycles. The molecule has 24 heavy (non-hydrogen) atoms. The number of hydrogen-bond donors (Lipinski definition) is 1. The van der Waals surface area contributed by atoms with Gasteiger partial charge in [-0.1, -0.05) is 20.8 Å². The van der Waals surface area contributed by atoms with E-state index in [4.69, 9.17) is 4.74 Å². The fraction of sp³-hybridized carbons (Fsp3) is 0.500. The Kier molecular flexibility index (Phi) is 4.41. The van der Waals surface area contributed by atoms with Crippen LogP contribution in [0.15, 0.2) is 24.4 Å². The van der Waals surface area contributed by atoms with E-state index < -0.39 is 0 Å². The third-order valence-corrected chi connectivity index (χ3v) is 4.25. The average molecular weight is 328 g/mol. The fourth-order valence-corrected chi connectivity index (χ4v) is 2.78. The number of hydrogen-bond acceptors (Lipinski definition) is 4. The summed E-state index contributed by atoms with van der Waals surface area (Å²) >= 11 is 0. The van der Waals surface area contributed by atoms with E-state index in [2.05, 4.69) is 36.0 Å². The number of aryl methyl sites for hydroxylation is 1. The molecule has 3 rings (SSSR count). The molecule has 1 aliphatic heterocycles. The number of aromatic amines is 1. The predicted molar refractivity (Wildman–Crippen MR) is 90.9 cm³/mol. The molecular weight excluding hydrogens is 304 g/mol. The molecule has 1 unspecified atom stereocenters. The number of amides is 1. The summed E-state index contributed by atoms with van der Waals surface area (Å²) in [6, 6.07) is 5.80. The van der Waals surface area contributed by atoms with E-state index in [1.807, 2.05) is 30.0 Å². The molecule has 1 N–H and O–H groups in total. The Morgan fingerprint density at radius 1 is 1.38 bits per heavy atom. The van der Waals surface area contributed by atoms with Crippen LogP contribution in [0.25, 0.3) is 0 Å². The standard InChI is InChI=1S/C18H24N4O2/c1-12-9-13(5-6-19-12)15-11-22(7-8-24-15)17(23)14-10-16(21-20-14)18(2,3)4/h5-6,9-10,15H,7-8,11H2,1-4H3,(H,20,21). The first-order valence-corrected chi connectivity index (χ1v) is 8.24. The monoisotopic (exact) mass is 328 g/mol. The number of aromatic nitrogens is 3. The zero-order valence-corrected chi connectivity index (χ0v) is 14.7. The molecule has 0 radical (unpaired) electrons. The van der Waals surface area contributed by atoms with Crippen LogP contribution in [0.4, 0.5) is 0 Å². The van der Waals surface area contributed by atoms with Gasteiger partial charge in [-0.25, -0.2) is 0 Å². The van der Waals surface area contributed by atoms with Crippen LogP contribution in [-0.4, -0.2) is 45.7 Å². The highest BCUT2D eigenvalue weighted by atomic mass is 16.5. The van der Waals surface area contributed by atoms with Gasteiger partial charge in [0.15, 0.2) is 0 Å². The lowest BCUT2D eigenvalue weighted by Gasteiger charge is -2.32. The summed E-state index contributed by atoms with van der Waals surface area (Å²) in [6.45, 7) is 9.85. The second-order valence-electron chi connectivity index (χ2n) is 7.26. The molecule has 0 spiro atoms. The predicted octanol–water partition coefficient (Wildman–Crippen LogP) is 2.62. The first-order chi connectivity index (χ1) is 11.3. The highest BCUT2D eigenvalue weighted by Gasteiger charge is 2.28. The van der Waals surface area contributed by atoms with Crippen LogP contribution >= 0.6 is 0 Å². The number of morpholine rings is 1.